The summed E-state index contributed by atoms with van der Waals surface area (Å²) in [7, 11) is 1.69. The van der Waals surface area contributed by atoms with Crippen LogP contribution in [0.15, 0.2) is 79.0 Å². The lowest BCUT2D eigenvalue weighted by molar-refractivity contribution is -0.137. The highest BCUT2D eigenvalue weighted by Crippen LogP contribution is 2.41. The molecule has 0 saturated carbocycles. The van der Waals surface area contributed by atoms with Crippen LogP contribution in [0.3, 0.4) is 0 Å². The third-order valence-electron chi connectivity index (χ3n) is 7.46. The number of primary amides is 1. The molecule has 1 aliphatic rings. The zero-order valence-corrected chi connectivity index (χ0v) is 26.4. The van der Waals surface area contributed by atoms with Crippen LogP contribution in [-0.2, 0) is 18.0 Å². The van der Waals surface area contributed by atoms with Crippen LogP contribution in [0.5, 0.6) is 5.75 Å². The molecule has 230 valence electrons. The van der Waals surface area contributed by atoms with Gasteiger partial charge in [0, 0.05) is 37.0 Å². The number of benzene rings is 3. The lowest BCUT2D eigenvalue weighted by Crippen LogP contribution is -2.50. The van der Waals surface area contributed by atoms with E-state index in [4.69, 9.17) is 22.1 Å². The van der Waals surface area contributed by atoms with Gasteiger partial charge >= 0.3 is 6.18 Å². The Hall–Kier alpha value is -3.62. The van der Waals surface area contributed by atoms with Crippen molar-refractivity contribution in [3.8, 4) is 17.0 Å². The minimum atomic E-state index is -4.61. The van der Waals surface area contributed by atoms with Crippen molar-refractivity contribution in [2.75, 3.05) is 24.6 Å². The smallest absolute Gasteiger partial charge is 0.416 e. The van der Waals surface area contributed by atoms with Gasteiger partial charge in [-0.25, -0.2) is 0 Å². The number of likely N-dealkylation sites (tertiary alicyclic amines) is 1. The monoisotopic (exact) mass is 737 g/mol. The zero-order valence-electron chi connectivity index (χ0n) is 23.5. The van der Waals surface area contributed by atoms with Crippen molar-refractivity contribution in [3.63, 3.8) is 0 Å². The summed E-state index contributed by atoms with van der Waals surface area (Å²) in [5.41, 5.74) is 6.35. The van der Waals surface area contributed by atoms with Gasteiger partial charge in [-0.15, -0.1) is 0 Å². The van der Waals surface area contributed by atoms with Crippen LogP contribution in [0.1, 0.15) is 28.8 Å². The number of anilines is 2. The summed E-state index contributed by atoms with van der Waals surface area (Å²) in [5, 5.41) is 4.55. The fourth-order valence-corrected chi connectivity index (χ4v) is 6.40. The van der Waals surface area contributed by atoms with E-state index < -0.39 is 27.1 Å². The molecule has 2 amide bonds. The van der Waals surface area contributed by atoms with Crippen molar-refractivity contribution in [2.24, 2.45) is 12.8 Å². The van der Waals surface area contributed by atoms with E-state index in [2.05, 4.69) is 27.7 Å². The van der Waals surface area contributed by atoms with Crippen molar-refractivity contribution in [1.82, 2.24) is 14.7 Å². The number of nitrogens with two attached hydrogens (primary N) is 1. The summed E-state index contributed by atoms with van der Waals surface area (Å²) in [6.45, 7) is 1.33. The van der Waals surface area contributed by atoms with E-state index in [1.54, 1.807) is 60.3 Å². The lowest BCUT2D eigenvalue weighted by atomic mass is 10.1. The predicted octanol–water partition coefficient (Wildman–Crippen LogP) is 6.83. The van der Waals surface area contributed by atoms with Crippen molar-refractivity contribution in [1.29, 1.82) is 0 Å². The maximum atomic E-state index is 13.9. The third kappa shape index (κ3) is 6.42. The molecule has 5 rings (SSSR count). The van der Waals surface area contributed by atoms with E-state index in [9.17, 15) is 22.8 Å². The number of carbonyl (C=O) groups excluding carboxylic acids is 2. The number of carbonyl (C=O) groups is 2. The van der Waals surface area contributed by atoms with Gasteiger partial charge < -0.3 is 10.5 Å². The molecule has 8 nitrogen and oxygen atoms in total. The number of halogens is 5. The molecular formula is C31H28ClF3IN5O3. The Morgan fingerprint density at radius 1 is 1.09 bits per heavy atom. The van der Waals surface area contributed by atoms with E-state index >= 15 is 0 Å². The SMILES string of the molecule is Cn1ncc(Cl)c1-c1cc(N(C(=O)c2ccccc2)c2cccc(C(F)(F)F)c2)ccc1OCCN1CCCC1(I)C(N)=O. The average Bonchev–Trinajstić information content (AvgIpc) is 3.55. The van der Waals surface area contributed by atoms with Gasteiger partial charge in [0.1, 0.15) is 12.4 Å². The molecule has 0 aliphatic carbocycles. The van der Waals surface area contributed by atoms with Gasteiger partial charge in [-0.2, -0.15) is 18.3 Å². The summed E-state index contributed by atoms with van der Waals surface area (Å²) < 4.78 is 48.1. The first kappa shape index (κ1) is 31.8. The molecule has 1 unspecified atom stereocenters. The highest BCUT2D eigenvalue weighted by Gasteiger charge is 2.43. The molecule has 1 aliphatic heterocycles. The van der Waals surface area contributed by atoms with Crippen molar-refractivity contribution in [2.45, 2.75) is 22.6 Å². The Morgan fingerprint density at radius 3 is 2.48 bits per heavy atom. The van der Waals surface area contributed by atoms with Gasteiger partial charge in [-0.1, -0.05) is 58.5 Å². The summed E-state index contributed by atoms with van der Waals surface area (Å²) in [6.07, 6.45) is -1.66. The Bertz CT molecular complexity index is 1660. The maximum Gasteiger partial charge on any atom is 0.416 e. The van der Waals surface area contributed by atoms with Gasteiger partial charge in [0.25, 0.3) is 5.91 Å². The average molecular weight is 738 g/mol. The maximum absolute atomic E-state index is 13.9. The molecule has 1 saturated heterocycles. The number of aryl methyl sites for hydroxylation is 1. The van der Waals surface area contributed by atoms with Gasteiger partial charge in [0.15, 0.2) is 3.55 Å². The number of aromatic nitrogens is 2. The fraction of sp³-hybridized carbons (Fsp3) is 0.258. The molecule has 13 heteroatoms. The molecule has 2 N–H and O–H groups in total. The molecule has 1 fully saturated rings. The van der Waals surface area contributed by atoms with E-state index in [0.717, 1.165) is 18.6 Å². The van der Waals surface area contributed by atoms with Crippen molar-refractivity contribution in [3.05, 3.63) is 95.1 Å². The number of hydrogen-bond donors (Lipinski definition) is 1. The molecule has 0 spiro atoms. The highest BCUT2D eigenvalue weighted by molar-refractivity contribution is 14.1. The second-order valence-corrected chi connectivity index (χ2v) is 12.5. The number of ether oxygens (including phenoxy) is 1. The van der Waals surface area contributed by atoms with Crippen LogP contribution < -0.4 is 15.4 Å². The lowest BCUT2D eigenvalue weighted by Gasteiger charge is -2.30. The molecular weight excluding hydrogens is 710 g/mol. The largest absolute Gasteiger partial charge is 0.492 e. The molecule has 0 bridgehead atoms. The van der Waals surface area contributed by atoms with E-state index in [0.29, 0.717) is 41.5 Å². The van der Waals surface area contributed by atoms with Crippen molar-refractivity contribution >= 4 is 57.4 Å². The second-order valence-electron chi connectivity index (χ2n) is 10.3. The predicted molar refractivity (Wildman–Crippen MR) is 170 cm³/mol. The van der Waals surface area contributed by atoms with E-state index in [-0.39, 0.29) is 23.5 Å². The first-order valence-electron chi connectivity index (χ1n) is 13.7. The fourth-order valence-electron chi connectivity index (χ4n) is 5.27. The van der Waals surface area contributed by atoms with Crippen LogP contribution in [0.2, 0.25) is 5.02 Å². The van der Waals surface area contributed by atoms with Crippen LogP contribution in [0.25, 0.3) is 11.3 Å². The van der Waals surface area contributed by atoms with Gasteiger partial charge in [0.2, 0.25) is 5.91 Å². The first-order valence-corrected chi connectivity index (χ1v) is 15.1. The summed E-state index contributed by atoms with van der Waals surface area (Å²) in [4.78, 5) is 29.2. The second kappa shape index (κ2) is 12.8. The summed E-state index contributed by atoms with van der Waals surface area (Å²) in [5.74, 6) is -0.521. The molecule has 3 aromatic carbocycles. The third-order valence-corrected chi connectivity index (χ3v) is 9.49. The Labute approximate surface area is 270 Å². The van der Waals surface area contributed by atoms with Crippen LogP contribution in [0, 0.1) is 0 Å². The minimum absolute atomic E-state index is 0.0308. The quantitative estimate of drug-likeness (QED) is 0.116. The van der Waals surface area contributed by atoms with Gasteiger partial charge in [-0.05, 0) is 61.4 Å². The first-order chi connectivity index (χ1) is 20.9. The van der Waals surface area contributed by atoms with E-state index in [1.165, 1.54) is 23.2 Å². The number of rotatable bonds is 9. The Morgan fingerprint density at radius 2 is 1.82 bits per heavy atom. The summed E-state index contributed by atoms with van der Waals surface area (Å²) >= 11 is 8.62. The Balaban J connectivity index is 1.57. The van der Waals surface area contributed by atoms with E-state index in [1.807, 2.05) is 4.90 Å². The van der Waals surface area contributed by atoms with Crippen LogP contribution >= 0.6 is 34.2 Å². The minimum Gasteiger partial charge on any atom is -0.492 e. The molecule has 44 heavy (non-hydrogen) atoms. The molecule has 1 aromatic heterocycles. The highest BCUT2D eigenvalue weighted by atomic mass is 127. The van der Waals surface area contributed by atoms with Crippen molar-refractivity contribution < 1.29 is 27.5 Å². The normalized spacial score (nSPS) is 17.0. The van der Waals surface area contributed by atoms with Gasteiger partial charge in [-0.3, -0.25) is 24.1 Å². The zero-order chi connectivity index (χ0) is 31.6. The molecule has 1 atom stereocenters. The number of alkyl halides is 4. The number of amides is 2. The topological polar surface area (TPSA) is 93.7 Å². The standard InChI is InChI=1S/C31H28ClF3IN5O3/c1-39-27(25(32)19-38-39)24-18-23(11-12-26(24)44-16-15-40-14-6-13-30(40,36)29(37)43)41(28(42)20-7-3-2-4-8-20)22-10-5-9-21(17-22)31(33,34)35/h2-5,7-12,17-19H,6,13-16H2,1H3,(H2,37,43). The van der Waals surface area contributed by atoms with Crippen LogP contribution in [0.4, 0.5) is 24.5 Å². The number of nitrogens with zero attached hydrogens (tertiary/aromatic N) is 4. The Kier molecular flexibility index (Phi) is 9.23. The molecule has 2 heterocycles. The van der Waals surface area contributed by atoms with Crippen LogP contribution in [-0.4, -0.2) is 49.7 Å². The molecule has 4 aromatic rings. The number of hydrogen-bond acceptors (Lipinski definition) is 5. The molecule has 0 radical (unpaired) electrons. The van der Waals surface area contributed by atoms with Gasteiger partial charge in [0.05, 0.1) is 28.2 Å². The summed E-state index contributed by atoms with van der Waals surface area (Å²) in [6, 6.07) is 17.8.